The van der Waals surface area contributed by atoms with Crippen molar-refractivity contribution in [3.8, 4) is 0 Å². The molecule has 1 aliphatic heterocycles. The Morgan fingerprint density at radius 1 is 1.58 bits per heavy atom. The Balaban J connectivity index is 1.75. The number of nitrogens with one attached hydrogen (secondary N) is 1. The Kier molecular flexibility index (Phi) is 4.59. The van der Waals surface area contributed by atoms with Crippen LogP contribution in [-0.4, -0.2) is 50.4 Å². The fourth-order valence-corrected chi connectivity index (χ4v) is 4.61. The second-order valence-electron chi connectivity index (χ2n) is 4.92. The van der Waals surface area contributed by atoms with Gasteiger partial charge in [-0.1, -0.05) is 6.07 Å². The predicted octanol–water partition coefficient (Wildman–Crippen LogP) is 0.483. The van der Waals surface area contributed by atoms with E-state index in [1.807, 2.05) is 29.5 Å². The smallest absolute Gasteiger partial charge is 0.234 e. The van der Waals surface area contributed by atoms with Gasteiger partial charge in [0.2, 0.25) is 5.91 Å². The van der Waals surface area contributed by atoms with Crippen molar-refractivity contribution in [2.24, 2.45) is 0 Å². The number of amides is 1. The summed E-state index contributed by atoms with van der Waals surface area (Å²) in [5.41, 5.74) is 0. The zero-order chi connectivity index (χ0) is 13.9. The maximum atomic E-state index is 11.8. The number of hydrogen-bond acceptors (Lipinski definition) is 5. The lowest BCUT2D eigenvalue weighted by molar-refractivity contribution is -0.122. The lowest BCUT2D eigenvalue weighted by Gasteiger charge is -2.17. The van der Waals surface area contributed by atoms with Gasteiger partial charge in [0.05, 0.1) is 18.1 Å². The summed E-state index contributed by atoms with van der Waals surface area (Å²) in [6.45, 7) is 1.02. The zero-order valence-corrected chi connectivity index (χ0v) is 12.5. The minimum absolute atomic E-state index is 0.0768. The summed E-state index contributed by atoms with van der Waals surface area (Å²) in [4.78, 5) is 14.9. The van der Waals surface area contributed by atoms with E-state index < -0.39 is 9.84 Å². The normalized spacial score (nSPS) is 21.7. The van der Waals surface area contributed by atoms with Gasteiger partial charge in [0.25, 0.3) is 0 Å². The number of carbonyl (C=O) groups excluding carboxylic acids is 1. The number of likely N-dealkylation sites (N-methyl/N-ethyl adjacent to an activating group) is 1. The van der Waals surface area contributed by atoms with Crippen LogP contribution in [0.2, 0.25) is 0 Å². The number of rotatable bonds is 5. The SMILES string of the molecule is CN(CC(=O)NC1CCS(=O)(=O)C1)Cc1cccs1. The summed E-state index contributed by atoms with van der Waals surface area (Å²) in [5, 5.41) is 4.80. The molecule has 0 aliphatic carbocycles. The quantitative estimate of drug-likeness (QED) is 0.859. The molecule has 19 heavy (non-hydrogen) atoms. The van der Waals surface area contributed by atoms with E-state index in [1.165, 1.54) is 4.88 Å². The van der Waals surface area contributed by atoms with E-state index in [0.29, 0.717) is 6.42 Å². The molecule has 1 aromatic heterocycles. The molecule has 1 amide bonds. The van der Waals surface area contributed by atoms with E-state index in [2.05, 4.69) is 5.32 Å². The van der Waals surface area contributed by atoms with Crippen LogP contribution in [-0.2, 0) is 21.2 Å². The van der Waals surface area contributed by atoms with Gasteiger partial charge in [-0.2, -0.15) is 0 Å². The Morgan fingerprint density at radius 3 is 2.95 bits per heavy atom. The molecule has 0 aromatic carbocycles. The molecule has 1 aromatic rings. The molecule has 0 radical (unpaired) electrons. The van der Waals surface area contributed by atoms with E-state index in [9.17, 15) is 13.2 Å². The van der Waals surface area contributed by atoms with Gasteiger partial charge in [0.1, 0.15) is 0 Å². The number of hydrogen-bond donors (Lipinski definition) is 1. The van der Waals surface area contributed by atoms with Crippen molar-refractivity contribution in [2.75, 3.05) is 25.1 Å². The Bertz CT molecular complexity index is 525. The van der Waals surface area contributed by atoms with E-state index >= 15 is 0 Å². The van der Waals surface area contributed by atoms with Gasteiger partial charge in [-0.05, 0) is 24.9 Å². The number of thiophene rings is 1. The van der Waals surface area contributed by atoms with Gasteiger partial charge in [-0.3, -0.25) is 9.69 Å². The molecular formula is C12H18N2O3S2. The molecule has 1 fully saturated rings. The van der Waals surface area contributed by atoms with Crippen LogP contribution in [0.4, 0.5) is 0 Å². The predicted molar refractivity (Wildman–Crippen MR) is 75.9 cm³/mol. The molecule has 1 unspecified atom stereocenters. The molecule has 0 bridgehead atoms. The topological polar surface area (TPSA) is 66.5 Å². The van der Waals surface area contributed by atoms with E-state index in [-0.39, 0.29) is 30.0 Å². The third-order valence-corrected chi connectivity index (χ3v) is 5.65. The molecule has 5 nitrogen and oxygen atoms in total. The molecule has 106 valence electrons. The van der Waals surface area contributed by atoms with Crippen LogP contribution in [0.3, 0.4) is 0 Å². The van der Waals surface area contributed by atoms with Crippen molar-refractivity contribution in [1.29, 1.82) is 0 Å². The summed E-state index contributed by atoms with van der Waals surface area (Å²) in [6.07, 6.45) is 0.530. The first-order chi connectivity index (χ1) is 8.94. The number of carbonyl (C=O) groups is 1. The van der Waals surface area contributed by atoms with Crippen molar-refractivity contribution in [2.45, 2.75) is 19.0 Å². The molecule has 0 saturated carbocycles. The summed E-state index contributed by atoms with van der Waals surface area (Å²) in [5.74, 6) is 0.150. The van der Waals surface area contributed by atoms with Crippen molar-refractivity contribution >= 4 is 27.1 Å². The highest BCUT2D eigenvalue weighted by Gasteiger charge is 2.28. The fourth-order valence-electron chi connectivity index (χ4n) is 2.15. The van der Waals surface area contributed by atoms with Gasteiger partial charge in [0, 0.05) is 17.5 Å². The largest absolute Gasteiger partial charge is 0.351 e. The Labute approximate surface area is 117 Å². The van der Waals surface area contributed by atoms with Crippen molar-refractivity contribution < 1.29 is 13.2 Å². The molecule has 7 heteroatoms. The van der Waals surface area contributed by atoms with Crippen LogP contribution < -0.4 is 5.32 Å². The second-order valence-corrected chi connectivity index (χ2v) is 8.18. The summed E-state index contributed by atoms with van der Waals surface area (Å²) in [6, 6.07) is 3.80. The molecular weight excluding hydrogens is 284 g/mol. The van der Waals surface area contributed by atoms with Gasteiger partial charge in [-0.15, -0.1) is 11.3 Å². The zero-order valence-electron chi connectivity index (χ0n) is 10.8. The van der Waals surface area contributed by atoms with Crippen molar-refractivity contribution in [1.82, 2.24) is 10.2 Å². The first kappa shape index (κ1) is 14.5. The molecule has 1 saturated heterocycles. The van der Waals surface area contributed by atoms with Gasteiger partial charge >= 0.3 is 0 Å². The lowest BCUT2D eigenvalue weighted by Crippen LogP contribution is -2.41. The highest BCUT2D eigenvalue weighted by molar-refractivity contribution is 7.91. The first-order valence-electron chi connectivity index (χ1n) is 6.15. The fraction of sp³-hybridized carbons (Fsp3) is 0.583. The van der Waals surface area contributed by atoms with Crippen LogP contribution >= 0.6 is 11.3 Å². The summed E-state index contributed by atoms with van der Waals surface area (Å²) >= 11 is 1.66. The molecule has 2 heterocycles. The van der Waals surface area contributed by atoms with Crippen LogP contribution in [0.15, 0.2) is 17.5 Å². The van der Waals surface area contributed by atoms with Crippen LogP contribution in [0.1, 0.15) is 11.3 Å². The Morgan fingerprint density at radius 2 is 2.37 bits per heavy atom. The van der Waals surface area contributed by atoms with E-state index in [0.717, 1.165) is 6.54 Å². The van der Waals surface area contributed by atoms with Gasteiger partial charge in [-0.25, -0.2) is 8.42 Å². The summed E-state index contributed by atoms with van der Waals surface area (Å²) < 4.78 is 22.6. The second kappa shape index (κ2) is 6.02. The Hall–Kier alpha value is -0.920. The van der Waals surface area contributed by atoms with E-state index in [4.69, 9.17) is 0 Å². The number of nitrogens with zero attached hydrogens (tertiary/aromatic N) is 1. The minimum atomic E-state index is -2.94. The van der Waals surface area contributed by atoms with Crippen LogP contribution in [0.25, 0.3) is 0 Å². The molecule has 1 atom stereocenters. The monoisotopic (exact) mass is 302 g/mol. The molecule has 1 N–H and O–H groups in total. The van der Waals surface area contributed by atoms with Crippen LogP contribution in [0.5, 0.6) is 0 Å². The maximum Gasteiger partial charge on any atom is 0.234 e. The van der Waals surface area contributed by atoms with Crippen LogP contribution in [0, 0.1) is 0 Å². The molecule has 0 spiro atoms. The van der Waals surface area contributed by atoms with Gasteiger partial charge in [0.15, 0.2) is 9.84 Å². The van der Waals surface area contributed by atoms with E-state index in [1.54, 1.807) is 11.3 Å². The minimum Gasteiger partial charge on any atom is -0.351 e. The third kappa shape index (κ3) is 4.59. The van der Waals surface area contributed by atoms with Gasteiger partial charge < -0.3 is 5.32 Å². The average molecular weight is 302 g/mol. The highest BCUT2D eigenvalue weighted by atomic mass is 32.2. The van der Waals surface area contributed by atoms with Crippen molar-refractivity contribution in [3.05, 3.63) is 22.4 Å². The van der Waals surface area contributed by atoms with Crippen molar-refractivity contribution in [3.63, 3.8) is 0 Å². The number of sulfone groups is 1. The average Bonchev–Trinajstić information content (AvgIpc) is 2.88. The first-order valence-corrected chi connectivity index (χ1v) is 8.85. The summed E-state index contributed by atoms with van der Waals surface area (Å²) in [7, 11) is -1.06. The molecule has 1 aliphatic rings. The maximum absolute atomic E-state index is 11.8. The lowest BCUT2D eigenvalue weighted by atomic mass is 10.2. The molecule has 2 rings (SSSR count). The standard InChI is InChI=1S/C12H18N2O3S2/c1-14(7-11-3-2-5-18-11)8-12(15)13-10-4-6-19(16,17)9-10/h2-3,5,10H,4,6-9H2,1H3,(H,13,15). The third-order valence-electron chi connectivity index (χ3n) is 3.02. The highest BCUT2D eigenvalue weighted by Crippen LogP contribution is 2.12.